The van der Waals surface area contributed by atoms with Crippen molar-refractivity contribution in [2.75, 3.05) is 13.2 Å². The van der Waals surface area contributed by atoms with Crippen LogP contribution in [0, 0.1) is 11.3 Å². The molecule has 0 aromatic heterocycles. The smallest absolute Gasteiger partial charge is 0.128 e. The van der Waals surface area contributed by atoms with E-state index in [0.717, 1.165) is 12.7 Å². The van der Waals surface area contributed by atoms with Crippen molar-refractivity contribution in [3.05, 3.63) is 0 Å². The summed E-state index contributed by atoms with van der Waals surface area (Å²) in [4.78, 5) is 11.0. The Labute approximate surface area is 74.3 Å². The average Bonchev–Trinajstić information content (AvgIpc) is 2.45. The lowest BCUT2D eigenvalue weighted by Gasteiger charge is -2.26. The molecule has 1 fully saturated rings. The van der Waals surface area contributed by atoms with Crippen molar-refractivity contribution in [2.45, 2.75) is 33.1 Å². The summed E-state index contributed by atoms with van der Waals surface area (Å²) < 4.78 is 5.35. The van der Waals surface area contributed by atoms with E-state index in [1.807, 2.05) is 6.92 Å². The molecule has 0 saturated heterocycles. The van der Waals surface area contributed by atoms with Crippen LogP contribution >= 0.6 is 0 Å². The zero-order valence-electron chi connectivity index (χ0n) is 8.01. The maximum Gasteiger partial charge on any atom is 0.128 e. The van der Waals surface area contributed by atoms with Gasteiger partial charge in [-0.2, -0.15) is 0 Å². The summed E-state index contributed by atoms with van der Waals surface area (Å²) in [6.45, 7) is 5.45. The third-order valence-electron chi connectivity index (χ3n) is 3.07. The van der Waals surface area contributed by atoms with Crippen LogP contribution in [0.2, 0.25) is 0 Å². The predicted octanol–water partition coefficient (Wildman–Crippen LogP) is 2.03. The molecular weight excluding hydrogens is 152 g/mol. The largest absolute Gasteiger partial charge is 0.381 e. The molecule has 1 saturated carbocycles. The van der Waals surface area contributed by atoms with Gasteiger partial charge in [0, 0.05) is 6.61 Å². The van der Waals surface area contributed by atoms with Crippen molar-refractivity contribution in [1.82, 2.24) is 0 Å². The minimum absolute atomic E-state index is 0.157. The fourth-order valence-corrected chi connectivity index (χ4v) is 1.99. The van der Waals surface area contributed by atoms with Gasteiger partial charge in [-0.05, 0) is 25.7 Å². The van der Waals surface area contributed by atoms with Crippen molar-refractivity contribution in [3.63, 3.8) is 0 Å². The van der Waals surface area contributed by atoms with Crippen molar-refractivity contribution < 1.29 is 9.53 Å². The molecule has 0 spiro atoms. The normalized spacial score (nSPS) is 35.3. The van der Waals surface area contributed by atoms with Crippen molar-refractivity contribution in [3.8, 4) is 0 Å². The topological polar surface area (TPSA) is 26.3 Å². The SMILES string of the molecule is CCOCC1(C=O)CCCC1C. The highest BCUT2D eigenvalue weighted by atomic mass is 16.5. The van der Waals surface area contributed by atoms with E-state index in [1.54, 1.807) is 0 Å². The molecule has 0 amide bonds. The number of aldehydes is 1. The Morgan fingerprint density at radius 3 is 2.83 bits per heavy atom. The Bertz CT molecular complexity index is 156. The lowest BCUT2D eigenvalue weighted by molar-refractivity contribution is -0.121. The van der Waals surface area contributed by atoms with Gasteiger partial charge in [0.25, 0.3) is 0 Å². The molecule has 0 N–H and O–H groups in total. The predicted molar refractivity (Wildman–Crippen MR) is 48.0 cm³/mol. The molecule has 0 aromatic carbocycles. The lowest BCUT2D eigenvalue weighted by Crippen LogP contribution is -2.31. The molecule has 0 heterocycles. The Kier molecular flexibility index (Phi) is 3.27. The molecule has 1 aliphatic carbocycles. The van der Waals surface area contributed by atoms with Crippen molar-refractivity contribution in [2.24, 2.45) is 11.3 Å². The van der Waals surface area contributed by atoms with Gasteiger partial charge in [0.1, 0.15) is 6.29 Å². The highest BCUT2D eigenvalue weighted by Crippen LogP contribution is 2.41. The Morgan fingerprint density at radius 2 is 2.42 bits per heavy atom. The molecule has 12 heavy (non-hydrogen) atoms. The van der Waals surface area contributed by atoms with E-state index < -0.39 is 0 Å². The second-order valence-electron chi connectivity index (χ2n) is 3.78. The van der Waals surface area contributed by atoms with E-state index >= 15 is 0 Å². The van der Waals surface area contributed by atoms with Gasteiger partial charge in [-0.1, -0.05) is 13.3 Å². The quantitative estimate of drug-likeness (QED) is 0.603. The van der Waals surface area contributed by atoms with Crippen LogP contribution in [0.5, 0.6) is 0 Å². The molecule has 1 aliphatic rings. The number of rotatable bonds is 4. The van der Waals surface area contributed by atoms with Crippen LogP contribution in [0.3, 0.4) is 0 Å². The maximum absolute atomic E-state index is 11.0. The molecule has 70 valence electrons. The third-order valence-corrected chi connectivity index (χ3v) is 3.07. The van der Waals surface area contributed by atoms with Gasteiger partial charge in [-0.15, -0.1) is 0 Å². The summed E-state index contributed by atoms with van der Waals surface area (Å²) in [5, 5.41) is 0. The zero-order chi connectivity index (χ0) is 9.03. The highest BCUT2D eigenvalue weighted by molar-refractivity contribution is 5.60. The zero-order valence-corrected chi connectivity index (χ0v) is 8.01. The summed E-state index contributed by atoms with van der Waals surface area (Å²) in [6, 6.07) is 0. The van der Waals surface area contributed by atoms with E-state index in [4.69, 9.17) is 4.74 Å². The van der Waals surface area contributed by atoms with Gasteiger partial charge in [0.2, 0.25) is 0 Å². The standard InChI is InChI=1S/C10H18O2/c1-3-12-8-10(7-11)6-4-5-9(10)2/h7,9H,3-6,8H2,1-2H3. The first-order chi connectivity index (χ1) is 5.75. The molecule has 2 nitrogen and oxygen atoms in total. The van der Waals surface area contributed by atoms with Crippen molar-refractivity contribution in [1.29, 1.82) is 0 Å². The Morgan fingerprint density at radius 1 is 1.67 bits per heavy atom. The monoisotopic (exact) mass is 170 g/mol. The first kappa shape index (κ1) is 9.72. The summed E-state index contributed by atoms with van der Waals surface area (Å²) in [5.41, 5.74) is -0.157. The molecule has 2 heteroatoms. The first-order valence-electron chi connectivity index (χ1n) is 4.79. The van der Waals surface area contributed by atoms with Crippen molar-refractivity contribution >= 4 is 6.29 Å². The van der Waals surface area contributed by atoms with Gasteiger partial charge < -0.3 is 9.53 Å². The maximum atomic E-state index is 11.0. The number of hydrogen-bond donors (Lipinski definition) is 0. The fraction of sp³-hybridized carbons (Fsp3) is 0.900. The average molecular weight is 170 g/mol. The summed E-state index contributed by atoms with van der Waals surface area (Å²) >= 11 is 0. The van der Waals surface area contributed by atoms with Gasteiger partial charge >= 0.3 is 0 Å². The van der Waals surface area contributed by atoms with E-state index in [0.29, 0.717) is 19.1 Å². The van der Waals surface area contributed by atoms with Crippen LogP contribution < -0.4 is 0 Å². The molecule has 2 unspecified atom stereocenters. The number of hydrogen-bond acceptors (Lipinski definition) is 2. The van der Waals surface area contributed by atoms with Crippen LogP contribution in [0.15, 0.2) is 0 Å². The fourth-order valence-electron chi connectivity index (χ4n) is 1.99. The summed E-state index contributed by atoms with van der Waals surface area (Å²) in [7, 11) is 0. The Hall–Kier alpha value is -0.370. The minimum atomic E-state index is -0.157. The first-order valence-corrected chi connectivity index (χ1v) is 4.79. The molecule has 0 aromatic rings. The van der Waals surface area contributed by atoms with E-state index in [2.05, 4.69) is 6.92 Å². The number of carbonyl (C=O) groups excluding carboxylic acids is 1. The second kappa shape index (κ2) is 4.04. The summed E-state index contributed by atoms with van der Waals surface area (Å²) in [5.74, 6) is 0.501. The molecule has 0 bridgehead atoms. The van der Waals surface area contributed by atoms with Gasteiger partial charge in [0.15, 0.2) is 0 Å². The molecule has 2 atom stereocenters. The Balaban J connectivity index is 2.55. The van der Waals surface area contributed by atoms with Crippen LogP contribution in [0.1, 0.15) is 33.1 Å². The number of ether oxygens (including phenoxy) is 1. The van der Waals surface area contributed by atoms with Gasteiger partial charge in [0.05, 0.1) is 12.0 Å². The molecular formula is C10H18O2. The lowest BCUT2D eigenvalue weighted by atomic mass is 9.81. The van der Waals surface area contributed by atoms with Gasteiger partial charge in [-0.25, -0.2) is 0 Å². The molecule has 1 rings (SSSR count). The van der Waals surface area contributed by atoms with E-state index in [-0.39, 0.29) is 5.41 Å². The molecule has 0 radical (unpaired) electrons. The summed E-state index contributed by atoms with van der Waals surface area (Å²) in [6.07, 6.45) is 4.47. The highest BCUT2D eigenvalue weighted by Gasteiger charge is 2.40. The van der Waals surface area contributed by atoms with Crippen LogP contribution in [-0.4, -0.2) is 19.5 Å². The second-order valence-corrected chi connectivity index (χ2v) is 3.78. The van der Waals surface area contributed by atoms with Crippen LogP contribution in [0.4, 0.5) is 0 Å². The van der Waals surface area contributed by atoms with Crippen LogP contribution in [0.25, 0.3) is 0 Å². The van der Waals surface area contributed by atoms with Crippen LogP contribution in [-0.2, 0) is 9.53 Å². The number of carbonyl (C=O) groups is 1. The van der Waals surface area contributed by atoms with E-state index in [9.17, 15) is 4.79 Å². The third kappa shape index (κ3) is 1.69. The van der Waals surface area contributed by atoms with Gasteiger partial charge in [-0.3, -0.25) is 0 Å². The minimum Gasteiger partial charge on any atom is -0.381 e. The molecule has 0 aliphatic heterocycles. The van der Waals surface area contributed by atoms with E-state index in [1.165, 1.54) is 12.8 Å².